The molecule has 0 aromatic carbocycles. The Bertz CT molecular complexity index is 557. The third kappa shape index (κ3) is 3.98. The molecule has 0 saturated heterocycles. The Morgan fingerprint density at radius 2 is 2.26 bits per heavy atom. The van der Waals surface area contributed by atoms with Gasteiger partial charge >= 0.3 is 0 Å². The number of terminal acetylenes is 1. The molecule has 3 N–H and O–H groups in total. The normalized spacial score (nSPS) is 13.1. The van der Waals surface area contributed by atoms with Crippen molar-refractivity contribution in [3.05, 3.63) is 6.20 Å². The number of nitrogens with zero attached hydrogens (tertiary/aromatic N) is 2. The Labute approximate surface area is 114 Å². The summed E-state index contributed by atoms with van der Waals surface area (Å²) in [5, 5.41) is 3.98. The zero-order valence-corrected chi connectivity index (χ0v) is 12.1. The van der Waals surface area contributed by atoms with Crippen LogP contribution in [0.25, 0.3) is 0 Å². The Balaban J connectivity index is 2.97. The Morgan fingerprint density at radius 1 is 1.58 bits per heavy atom. The average Bonchev–Trinajstić information content (AvgIpc) is 2.71. The molecule has 7 heteroatoms. The summed E-state index contributed by atoms with van der Waals surface area (Å²) in [6.07, 6.45) is 8.47. The van der Waals surface area contributed by atoms with Crippen LogP contribution < -0.4 is 10.5 Å². The van der Waals surface area contributed by atoms with Crippen molar-refractivity contribution < 1.29 is 8.42 Å². The molecule has 19 heavy (non-hydrogen) atoms. The van der Waals surface area contributed by atoms with Crippen molar-refractivity contribution in [1.82, 2.24) is 14.5 Å². The van der Waals surface area contributed by atoms with Gasteiger partial charge < -0.3 is 5.73 Å². The summed E-state index contributed by atoms with van der Waals surface area (Å²) in [5.41, 5.74) is 5.66. The lowest BCUT2D eigenvalue weighted by atomic mass is 10.2. The molecule has 0 radical (unpaired) electrons. The maximum absolute atomic E-state index is 12.2. The van der Waals surface area contributed by atoms with Gasteiger partial charge in [-0.3, -0.25) is 4.68 Å². The van der Waals surface area contributed by atoms with E-state index in [9.17, 15) is 8.42 Å². The number of rotatable bonds is 7. The lowest BCUT2D eigenvalue weighted by Crippen LogP contribution is -2.34. The second-order valence-electron chi connectivity index (χ2n) is 4.28. The summed E-state index contributed by atoms with van der Waals surface area (Å²) in [6, 6.07) is -0.288. The fourth-order valence-corrected chi connectivity index (χ4v) is 3.06. The first-order chi connectivity index (χ1) is 8.94. The molecular formula is C12H20N4O2S. The van der Waals surface area contributed by atoms with Crippen molar-refractivity contribution in [3.8, 4) is 12.3 Å². The molecule has 1 unspecified atom stereocenters. The van der Waals surface area contributed by atoms with Gasteiger partial charge in [-0.15, -0.1) is 12.3 Å². The summed E-state index contributed by atoms with van der Waals surface area (Å²) < 4.78 is 28.5. The largest absolute Gasteiger partial charge is 0.381 e. The van der Waals surface area contributed by atoms with Crippen LogP contribution in [0.2, 0.25) is 0 Å². The van der Waals surface area contributed by atoms with E-state index in [2.05, 4.69) is 15.7 Å². The minimum atomic E-state index is -3.68. The molecule has 1 rings (SSSR count). The molecular weight excluding hydrogens is 264 g/mol. The van der Waals surface area contributed by atoms with Gasteiger partial charge in [0.1, 0.15) is 4.90 Å². The highest BCUT2D eigenvalue weighted by Crippen LogP contribution is 2.17. The van der Waals surface area contributed by atoms with E-state index in [1.54, 1.807) is 0 Å². The second-order valence-corrected chi connectivity index (χ2v) is 5.96. The van der Waals surface area contributed by atoms with Gasteiger partial charge in [0.25, 0.3) is 0 Å². The second kappa shape index (κ2) is 6.59. The lowest BCUT2D eigenvalue weighted by molar-refractivity contribution is 0.543. The van der Waals surface area contributed by atoms with E-state index in [1.807, 2.05) is 13.8 Å². The number of aromatic nitrogens is 2. The molecule has 0 aliphatic carbocycles. The fourth-order valence-electron chi connectivity index (χ4n) is 1.66. The van der Waals surface area contributed by atoms with E-state index in [0.717, 1.165) is 6.42 Å². The van der Waals surface area contributed by atoms with Crippen LogP contribution in [-0.4, -0.2) is 24.2 Å². The Morgan fingerprint density at radius 3 is 2.79 bits per heavy atom. The zero-order chi connectivity index (χ0) is 14.5. The molecule has 0 fully saturated rings. The van der Waals surface area contributed by atoms with Crippen LogP contribution in [0.3, 0.4) is 0 Å². The Hall–Kier alpha value is -1.52. The summed E-state index contributed by atoms with van der Waals surface area (Å²) in [4.78, 5) is 0.0106. The van der Waals surface area contributed by atoms with Crippen molar-refractivity contribution in [2.75, 3.05) is 5.73 Å². The number of anilines is 1. The number of hydrogen-bond acceptors (Lipinski definition) is 4. The van der Waals surface area contributed by atoms with E-state index in [-0.39, 0.29) is 16.8 Å². The van der Waals surface area contributed by atoms with Crippen molar-refractivity contribution in [3.63, 3.8) is 0 Å². The topological polar surface area (TPSA) is 90.0 Å². The van der Waals surface area contributed by atoms with E-state index in [4.69, 9.17) is 12.2 Å². The predicted molar refractivity (Wildman–Crippen MR) is 74.8 cm³/mol. The molecule has 106 valence electrons. The maximum Gasteiger partial charge on any atom is 0.246 e. The number of hydrogen-bond donors (Lipinski definition) is 2. The monoisotopic (exact) mass is 284 g/mol. The first-order valence-electron chi connectivity index (χ1n) is 6.23. The van der Waals surface area contributed by atoms with Gasteiger partial charge in [0.05, 0.1) is 0 Å². The quantitative estimate of drug-likeness (QED) is 0.730. The molecule has 0 spiro atoms. The van der Waals surface area contributed by atoms with Crippen LogP contribution in [0.4, 0.5) is 5.82 Å². The van der Waals surface area contributed by atoms with E-state index < -0.39 is 10.0 Å². The molecule has 0 amide bonds. The highest BCUT2D eigenvalue weighted by atomic mass is 32.2. The average molecular weight is 284 g/mol. The maximum atomic E-state index is 12.2. The van der Waals surface area contributed by atoms with Crippen molar-refractivity contribution in [2.45, 2.75) is 50.6 Å². The van der Waals surface area contributed by atoms with Crippen molar-refractivity contribution in [1.29, 1.82) is 0 Å². The van der Waals surface area contributed by atoms with Gasteiger partial charge in [-0.05, 0) is 12.8 Å². The van der Waals surface area contributed by atoms with Crippen molar-refractivity contribution >= 4 is 15.8 Å². The fraction of sp³-hybridized carbons (Fsp3) is 0.583. The highest BCUT2D eigenvalue weighted by molar-refractivity contribution is 7.89. The molecule has 0 aliphatic rings. The third-order valence-corrected chi connectivity index (χ3v) is 4.21. The van der Waals surface area contributed by atoms with Gasteiger partial charge in [0.15, 0.2) is 5.82 Å². The number of aryl methyl sites for hydroxylation is 1. The smallest absolute Gasteiger partial charge is 0.246 e. The summed E-state index contributed by atoms with van der Waals surface area (Å²) in [5.74, 6) is 2.46. The number of sulfonamides is 1. The van der Waals surface area contributed by atoms with Crippen LogP contribution in [-0.2, 0) is 16.6 Å². The van der Waals surface area contributed by atoms with Crippen LogP contribution in [0.5, 0.6) is 0 Å². The van der Waals surface area contributed by atoms with Crippen LogP contribution in [0.1, 0.15) is 33.1 Å². The number of nitrogens with two attached hydrogens (primary N) is 1. The lowest BCUT2D eigenvalue weighted by Gasteiger charge is -2.13. The molecule has 1 aromatic rings. The van der Waals surface area contributed by atoms with Crippen LogP contribution >= 0.6 is 0 Å². The van der Waals surface area contributed by atoms with Gasteiger partial charge in [-0.25, -0.2) is 13.1 Å². The molecule has 1 aromatic heterocycles. The third-order valence-electron chi connectivity index (χ3n) is 2.68. The minimum Gasteiger partial charge on any atom is -0.381 e. The van der Waals surface area contributed by atoms with Gasteiger partial charge in [0.2, 0.25) is 10.0 Å². The van der Waals surface area contributed by atoms with Gasteiger partial charge in [-0.1, -0.05) is 13.8 Å². The summed E-state index contributed by atoms with van der Waals surface area (Å²) in [6.45, 7) is 4.47. The molecule has 0 bridgehead atoms. The van der Waals surface area contributed by atoms with Gasteiger partial charge in [-0.2, -0.15) is 5.10 Å². The van der Waals surface area contributed by atoms with Crippen LogP contribution in [0.15, 0.2) is 11.1 Å². The number of nitrogens with one attached hydrogen (secondary N) is 1. The van der Waals surface area contributed by atoms with Crippen LogP contribution in [0, 0.1) is 12.3 Å². The number of nitrogen functional groups attached to an aromatic ring is 1. The zero-order valence-electron chi connectivity index (χ0n) is 11.3. The summed E-state index contributed by atoms with van der Waals surface area (Å²) in [7, 11) is -3.68. The van der Waals surface area contributed by atoms with E-state index in [1.165, 1.54) is 10.9 Å². The molecule has 1 atom stereocenters. The molecule has 0 aliphatic heterocycles. The Kier molecular flexibility index (Phi) is 5.39. The molecule has 1 heterocycles. The van der Waals surface area contributed by atoms with Crippen molar-refractivity contribution in [2.24, 2.45) is 0 Å². The first-order valence-corrected chi connectivity index (χ1v) is 7.71. The van der Waals surface area contributed by atoms with E-state index >= 15 is 0 Å². The summed E-state index contributed by atoms with van der Waals surface area (Å²) >= 11 is 0. The predicted octanol–water partition coefficient (Wildman–Crippen LogP) is 0.956. The molecule has 0 saturated carbocycles. The first kappa shape index (κ1) is 15.5. The minimum absolute atomic E-state index is 0.0106. The molecule has 6 nitrogen and oxygen atoms in total. The SMILES string of the molecule is C#CCC(CC)NS(=O)(=O)c1cn(CCC)nc1N. The van der Waals surface area contributed by atoms with Gasteiger partial charge in [0, 0.05) is 25.2 Å². The standard InChI is InChI=1S/C12H20N4O2S/c1-4-7-10(6-3)15-19(17,18)11-9-16(8-5-2)14-12(11)13/h1,9-10,15H,5-8H2,2-3H3,(H2,13,14). The highest BCUT2D eigenvalue weighted by Gasteiger charge is 2.23. The van der Waals surface area contributed by atoms with E-state index in [0.29, 0.717) is 19.4 Å².